The number of benzene rings is 3. The fraction of sp³-hybridized carbons (Fsp3) is 0.176. The van der Waals surface area contributed by atoms with Crippen molar-refractivity contribution in [2.24, 2.45) is 0 Å². The van der Waals surface area contributed by atoms with Crippen molar-refractivity contribution in [2.75, 3.05) is 4.90 Å². The van der Waals surface area contributed by atoms with Crippen molar-refractivity contribution in [2.45, 2.75) is 39.8 Å². The number of ether oxygens (including phenoxy) is 1. The van der Waals surface area contributed by atoms with Crippen LogP contribution in [-0.4, -0.2) is 14.7 Å². The Bertz CT molecular complexity index is 1640. The molecule has 3 heterocycles. The summed E-state index contributed by atoms with van der Waals surface area (Å²) in [4.78, 5) is 6.93. The lowest BCUT2D eigenvalue weighted by molar-refractivity contribution is 0.482. The number of anilines is 1. The minimum atomic E-state index is -0.107. The summed E-state index contributed by atoms with van der Waals surface area (Å²) in [5.74, 6) is 1.59. The third kappa shape index (κ3) is 4.87. The highest BCUT2D eigenvalue weighted by molar-refractivity contribution is 7.80. The average molecular weight is 545 g/mol. The maximum absolute atomic E-state index is 6.09. The molecule has 1 aliphatic rings. The van der Waals surface area contributed by atoms with Crippen molar-refractivity contribution in [1.29, 1.82) is 0 Å². The molecule has 0 radical (unpaired) electrons. The predicted molar refractivity (Wildman–Crippen MR) is 166 cm³/mol. The summed E-state index contributed by atoms with van der Waals surface area (Å²) >= 11 is 5.97. The van der Waals surface area contributed by atoms with Crippen LogP contribution in [-0.2, 0) is 0 Å². The Hall–Kier alpha value is -4.42. The lowest BCUT2D eigenvalue weighted by atomic mass is 9.96. The van der Waals surface area contributed by atoms with Crippen LogP contribution in [0.2, 0.25) is 0 Å². The highest BCUT2D eigenvalue weighted by Crippen LogP contribution is 2.44. The van der Waals surface area contributed by atoms with E-state index in [-0.39, 0.29) is 12.1 Å². The molecule has 6 rings (SSSR count). The van der Waals surface area contributed by atoms with Crippen LogP contribution in [0.4, 0.5) is 5.69 Å². The molecule has 5 nitrogen and oxygen atoms in total. The SMILES string of the molecule is Cc1ccc(Oc2ccc(N3C(=S)N[C@@H](c4ccccn4)[C@@H]3c3cc(C)n(-c4ccc(C)cc4)c3C)cc2)cc1. The summed E-state index contributed by atoms with van der Waals surface area (Å²) in [7, 11) is 0. The lowest BCUT2D eigenvalue weighted by Gasteiger charge is -2.28. The largest absolute Gasteiger partial charge is 0.457 e. The highest BCUT2D eigenvalue weighted by Gasteiger charge is 2.42. The van der Waals surface area contributed by atoms with Gasteiger partial charge in [0.25, 0.3) is 0 Å². The fourth-order valence-electron chi connectivity index (χ4n) is 5.54. The fourth-order valence-corrected chi connectivity index (χ4v) is 5.89. The summed E-state index contributed by atoms with van der Waals surface area (Å²) in [5, 5.41) is 4.26. The van der Waals surface area contributed by atoms with Crippen LogP contribution in [0.1, 0.15) is 45.9 Å². The van der Waals surface area contributed by atoms with Crippen molar-refractivity contribution < 1.29 is 4.74 Å². The summed E-state index contributed by atoms with van der Waals surface area (Å²) in [5.41, 5.74) is 9.12. The van der Waals surface area contributed by atoms with Gasteiger partial charge in [-0.2, -0.15) is 0 Å². The van der Waals surface area contributed by atoms with Gasteiger partial charge in [0, 0.05) is 29.0 Å². The topological polar surface area (TPSA) is 42.3 Å². The van der Waals surface area contributed by atoms with E-state index in [1.165, 1.54) is 28.1 Å². The van der Waals surface area contributed by atoms with Gasteiger partial charge in [-0.25, -0.2) is 0 Å². The second-order valence-electron chi connectivity index (χ2n) is 10.4. The van der Waals surface area contributed by atoms with Crippen LogP contribution in [0.25, 0.3) is 5.69 Å². The second-order valence-corrected chi connectivity index (χ2v) is 10.8. The van der Waals surface area contributed by atoms with Gasteiger partial charge < -0.3 is 19.5 Å². The van der Waals surface area contributed by atoms with E-state index in [0.29, 0.717) is 5.11 Å². The molecule has 2 aromatic heterocycles. The summed E-state index contributed by atoms with van der Waals surface area (Å²) in [6.07, 6.45) is 1.84. The molecule has 200 valence electrons. The maximum atomic E-state index is 6.09. The third-order valence-corrected chi connectivity index (χ3v) is 7.87. The van der Waals surface area contributed by atoms with Gasteiger partial charge in [0.2, 0.25) is 0 Å². The molecular formula is C34H32N4OS. The van der Waals surface area contributed by atoms with Crippen molar-refractivity contribution in [3.05, 3.63) is 137 Å². The van der Waals surface area contributed by atoms with Crippen LogP contribution in [0.5, 0.6) is 11.5 Å². The monoisotopic (exact) mass is 544 g/mol. The summed E-state index contributed by atoms with van der Waals surface area (Å²) in [6, 6.07) is 33.0. The van der Waals surface area contributed by atoms with E-state index in [0.717, 1.165) is 28.6 Å². The van der Waals surface area contributed by atoms with Crippen LogP contribution in [0.15, 0.2) is 103 Å². The summed E-state index contributed by atoms with van der Waals surface area (Å²) in [6.45, 7) is 8.53. The zero-order valence-corrected chi connectivity index (χ0v) is 23.9. The Kier molecular flexibility index (Phi) is 6.86. The van der Waals surface area contributed by atoms with Gasteiger partial charge in [0.05, 0.1) is 17.8 Å². The Morgan fingerprint density at radius 2 is 1.35 bits per heavy atom. The van der Waals surface area contributed by atoms with E-state index in [2.05, 4.69) is 91.0 Å². The third-order valence-electron chi connectivity index (χ3n) is 7.55. The summed E-state index contributed by atoms with van der Waals surface area (Å²) < 4.78 is 8.42. The zero-order valence-electron chi connectivity index (χ0n) is 23.1. The molecule has 0 amide bonds. The van der Waals surface area contributed by atoms with Gasteiger partial charge in [-0.1, -0.05) is 41.5 Å². The van der Waals surface area contributed by atoms with E-state index >= 15 is 0 Å². The van der Waals surface area contributed by atoms with Gasteiger partial charge in [-0.15, -0.1) is 0 Å². The van der Waals surface area contributed by atoms with Gasteiger partial charge in [0.1, 0.15) is 11.5 Å². The molecule has 1 saturated heterocycles. The lowest BCUT2D eigenvalue weighted by Crippen LogP contribution is -2.29. The number of rotatable bonds is 6. The Labute approximate surface area is 241 Å². The van der Waals surface area contributed by atoms with Crippen molar-refractivity contribution in [1.82, 2.24) is 14.9 Å². The molecule has 0 spiro atoms. The first-order chi connectivity index (χ1) is 19.4. The van der Waals surface area contributed by atoms with Gasteiger partial charge in [-0.3, -0.25) is 4.98 Å². The van der Waals surface area contributed by atoms with E-state index in [1.54, 1.807) is 0 Å². The first-order valence-electron chi connectivity index (χ1n) is 13.5. The molecular weight excluding hydrogens is 512 g/mol. The number of pyridine rings is 1. The minimum Gasteiger partial charge on any atom is -0.457 e. The molecule has 0 saturated carbocycles. The molecule has 0 aliphatic carbocycles. The van der Waals surface area contributed by atoms with Gasteiger partial charge in [0.15, 0.2) is 5.11 Å². The van der Waals surface area contributed by atoms with E-state index < -0.39 is 0 Å². The maximum Gasteiger partial charge on any atom is 0.174 e. The first-order valence-corrected chi connectivity index (χ1v) is 13.9. The molecule has 0 bridgehead atoms. The average Bonchev–Trinajstić information content (AvgIpc) is 3.46. The predicted octanol–water partition coefficient (Wildman–Crippen LogP) is 8.08. The molecule has 6 heteroatoms. The standard InChI is InChI=1S/C34H32N4OS/c1-22-8-12-26(13-9-22)37-24(3)21-30(25(37)4)33-32(31-7-5-6-20-35-31)36-34(40)38(33)27-14-18-29(19-15-27)39-28-16-10-23(2)11-17-28/h5-21,32-33H,1-4H3,(H,36,40)/t32-,33-/m0/s1. The second kappa shape index (κ2) is 10.6. The Morgan fingerprint density at radius 3 is 1.98 bits per heavy atom. The minimum absolute atomic E-state index is 0.0864. The zero-order chi connectivity index (χ0) is 27.8. The van der Waals surface area contributed by atoms with E-state index in [1.807, 2.05) is 54.7 Å². The Balaban J connectivity index is 1.40. The first kappa shape index (κ1) is 25.8. The van der Waals surface area contributed by atoms with Crippen LogP contribution >= 0.6 is 12.2 Å². The molecule has 3 aromatic carbocycles. The van der Waals surface area contributed by atoms with Crippen LogP contribution < -0.4 is 15.0 Å². The van der Waals surface area contributed by atoms with Gasteiger partial charge >= 0.3 is 0 Å². The number of hydrogen-bond donors (Lipinski definition) is 1. The molecule has 1 N–H and O–H groups in total. The normalized spacial score (nSPS) is 16.7. The molecule has 0 unspecified atom stereocenters. The van der Waals surface area contributed by atoms with Crippen molar-refractivity contribution in [3.63, 3.8) is 0 Å². The number of thiocarbonyl (C=S) groups is 1. The molecule has 1 fully saturated rings. The van der Waals surface area contributed by atoms with Crippen molar-refractivity contribution >= 4 is 23.0 Å². The smallest absolute Gasteiger partial charge is 0.174 e. The van der Waals surface area contributed by atoms with E-state index in [9.17, 15) is 0 Å². The number of aromatic nitrogens is 2. The molecule has 1 aliphatic heterocycles. The molecule has 2 atom stereocenters. The number of nitrogens with zero attached hydrogens (tertiary/aromatic N) is 3. The number of nitrogens with one attached hydrogen (secondary N) is 1. The molecule has 40 heavy (non-hydrogen) atoms. The van der Waals surface area contributed by atoms with Gasteiger partial charge in [-0.05, 0) is 112 Å². The van der Waals surface area contributed by atoms with Crippen LogP contribution in [0, 0.1) is 27.7 Å². The van der Waals surface area contributed by atoms with Crippen molar-refractivity contribution in [3.8, 4) is 17.2 Å². The van der Waals surface area contributed by atoms with Crippen LogP contribution in [0.3, 0.4) is 0 Å². The van der Waals surface area contributed by atoms with E-state index in [4.69, 9.17) is 21.9 Å². The number of hydrogen-bond acceptors (Lipinski definition) is 3. The number of aryl methyl sites for hydroxylation is 3. The molecule has 5 aromatic rings. The highest BCUT2D eigenvalue weighted by atomic mass is 32.1. The Morgan fingerprint density at radius 1 is 0.750 bits per heavy atom. The quantitative estimate of drug-likeness (QED) is 0.219.